The van der Waals surface area contributed by atoms with Gasteiger partial charge in [0.05, 0.1) is 17.6 Å². The van der Waals surface area contributed by atoms with Crippen LogP contribution in [0.15, 0.2) is 42.7 Å². The number of nitrogens with one attached hydrogen (secondary N) is 1. The Morgan fingerprint density at radius 2 is 2.00 bits per heavy atom. The first-order valence-corrected chi connectivity index (χ1v) is 7.64. The number of hydrogen-bond donors (Lipinski definition) is 1. The van der Waals surface area contributed by atoms with Gasteiger partial charge < -0.3 is 10.1 Å². The van der Waals surface area contributed by atoms with Crippen molar-refractivity contribution in [1.29, 1.82) is 0 Å². The number of ether oxygens (including phenoxy) is 1. The quantitative estimate of drug-likeness (QED) is 0.638. The van der Waals surface area contributed by atoms with Crippen LogP contribution in [0.25, 0.3) is 10.9 Å². The molecule has 0 fully saturated rings. The molecule has 0 amide bonds. The van der Waals surface area contributed by atoms with Gasteiger partial charge in [-0.15, -0.1) is 0 Å². The second-order valence-electron chi connectivity index (χ2n) is 4.36. The van der Waals surface area contributed by atoms with Gasteiger partial charge in [-0.1, -0.05) is 11.6 Å². The summed E-state index contributed by atoms with van der Waals surface area (Å²) in [7, 11) is 1.59. The number of rotatable bonds is 3. The fourth-order valence-corrected chi connectivity index (χ4v) is 2.76. The zero-order valence-corrected chi connectivity index (χ0v) is 14.0. The molecule has 0 radical (unpaired) electrons. The molecular weight excluding hydrogens is 401 g/mol. The van der Waals surface area contributed by atoms with Crippen LogP contribution >= 0.6 is 34.2 Å². The van der Waals surface area contributed by atoms with Crippen molar-refractivity contribution in [3.8, 4) is 5.75 Å². The van der Waals surface area contributed by atoms with E-state index in [2.05, 4.69) is 37.9 Å². The van der Waals surface area contributed by atoms with E-state index in [1.165, 1.54) is 0 Å². The Labute approximate surface area is 140 Å². The number of hydrogen-bond acceptors (Lipinski definition) is 4. The third-order valence-corrected chi connectivity index (χ3v) is 3.98. The molecule has 0 unspecified atom stereocenters. The van der Waals surface area contributed by atoms with Crippen molar-refractivity contribution in [3.63, 3.8) is 0 Å². The Morgan fingerprint density at radius 1 is 1.14 bits per heavy atom. The molecule has 4 nitrogen and oxygen atoms in total. The molecule has 1 heterocycles. The summed E-state index contributed by atoms with van der Waals surface area (Å²) in [6.45, 7) is 0. The average molecular weight is 412 g/mol. The van der Waals surface area contributed by atoms with E-state index < -0.39 is 0 Å². The normalized spacial score (nSPS) is 10.6. The second kappa shape index (κ2) is 6.03. The number of benzene rings is 2. The van der Waals surface area contributed by atoms with Gasteiger partial charge in [0.1, 0.15) is 17.9 Å². The molecule has 0 aliphatic heterocycles. The molecule has 0 atom stereocenters. The van der Waals surface area contributed by atoms with Crippen LogP contribution in [-0.4, -0.2) is 17.1 Å². The maximum atomic E-state index is 6.14. The van der Waals surface area contributed by atoms with Crippen LogP contribution in [0.3, 0.4) is 0 Å². The monoisotopic (exact) mass is 411 g/mol. The van der Waals surface area contributed by atoms with Gasteiger partial charge in [-0.2, -0.15) is 0 Å². The van der Waals surface area contributed by atoms with Crippen LogP contribution in [0.5, 0.6) is 5.75 Å². The van der Waals surface area contributed by atoms with Crippen LogP contribution in [0, 0.1) is 3.57 Å². The first-order valence-electron chi connectivity index (χ1n) is 6.18. The topological polar surface area (TPSA) is 47.0 Å². The largest absolute Gasteiger partial charge is 0.495 e. The minimum atomic E-state index is 0.551. The fourth-order valence-electron chi connectivity index (χ4n) is 2.01. The lowest BCUT2D eigenvalue weighted by molar-refractivity contribution is 0.415. The lowest BCUT2D eigenvalue weighted by Gasteiger charge is -2.10. The van der Waals surface area contributed by atoms with E-state index in [0.717, 1.165) is 26.0 Å². The standard InChI is InChI=1S/C15H11ClIN3O/c1-21-14-5-3-10(7-12(14)16)20-15-11-6-9(17)2-4-13(11)18-8-19-15/h2-8H,1H3,(H,18,19,20). The minimum absolute atomic E-state index is 0.551. The molecule has 1 aromatic heterocycles. The van der Waals surface area contributed by atoms with Crippen LogP contribution in [-0.2, 0) is 0 Å². The third-order valence-electron chi connectivity index (χ3n) is 3.01. The Hall–Kier alpha value is -1.60. The Balaban J connectivity index is 2.01. The maximum absolute atomic E-state index is 6.14. The third kappa shape index (κ3) is 3.03. The van der Waals surface area contributed by atoms with E-state index in [9.17, 15) is 0 Å². The Kier molecular flexibility index (Phi) is 4.12. The number of nitrogens with zero attached hydrogens (tertiary/aromatic N) is 2. The van der Waals surface area contributed by atoms with Crippen molar-refractivity contribution >= 4 is 56.6 Å². The molecule has 106 valence electrons. The smallest absolute Gasteiger partial charge is 0.141 e. The average Bonchev–Trinajstić information content (AvgIpc) is 2.48. The van der Waals surface area contributed by atoms with E-state index in [-0.39, 0.29) is 0 Å². The molecular formula is C15H11ClIN3O. The number of anilines is 2. The summed E-state index contributed by atoms with van der Waals surface area (Å²) in [5.41, 5.74) is 1.74. The summed E-state index contributed by atoms with van der Waals surface area (Å²) in [4.78, 5) is 8.58. The Morgan fingerprint density at radius 3 is 2.76 bits per heavy atom. The van der Waals surface area contributed by atoms with Gasteiger partial charge in [-0.05, 0) is 59.0 Å². The number of aromatic nitrogens is 2. The van der Waals surface area contributed by atoms with Crippen molar-refractivity contribution in [2.24, 2.45) is 0 Å². The van der Waals surface area contributed by atoms with Gasteiger partial charge in [-0.25, -0.2) is 9.97 Å². The van der Waals surface area contributed by atoms with E-state index in [1.807, 2.05) is 36.4 Å². The van der Waals surface area contributed by atoms with Gasteiger partial charge in [0.25, 0.3) is 0 Å². The molecule has 3 aromatic rings. The molecule has 3 rings (SSSR count). The SMILES string of the molecule is COc1ccc(Nc2ncnc3ccc(I)cc23)cc1Cl. The lowest BCUT2D eigenvalue weighted by Crippen LogP contribution is -1.96. The Bertz CT molecular complexity index is 810. The summed E-state index contributed by atoms with van der Waals surface area (Å²) in [6, 6.07) is 11.6. The zero-order valence-electron chi connectivity index (χ0n) is 11.1. The summed E-state index contributed by atoms with van der Waals surface area (Å²) in [6.07, 6.45) is 1.54. The van der Waals surface area contributed by atoms with Crippen LogP contribution in [0.1, 0.15) is 0 Å². The molecule has 0 aliphatic carbocycles. The molecule has 2 aromatic carbocycles. The molecule has 0 saturated carbocycles. The zero-order chi connectivity index (χ0) is 14.8. The van der Waals surface area contributed by atoms with Gasteiger partial charge >= 0.3 is 0 Å². The van der Waals surface area contributed by atoms with Crippen LogP contribution in [0.4, 0.5) is 11.5 Å². The predicted octanol–water partition coefficient (Wildman–Crippen LogP) is 4.64. The highest BCUT2D eigenvalue weighted by Crippen LogP contribution is 2.30. The summed E-state index contributed by atoms with van der Waals surface area (Å²) >= 11 is 8.41. The van der Waals surface area contributed by atoms with Crippen molar-refractivity contribution < 1.29 is 4.74 Å². The number of halogens is 2. The van der Waals surface area contributed by atoms with E-state index in [4.69, 9.17) is 16.3 Å². The van der Waals surface area contributed by atoms with Crippen molar-refractivity contribution in [1.82, 2.24) is 9.97 Å². The van der Waals surface area contributed by atoms with Gasteiger partial charge in [0, 0.05) is 14.6 Å². The van der Waals surface area contributed by atoms with Crippen molar-refractivity contribution in [3.05, 3.63) is 51.3 Å². The lowest BCUT2D eigenvalue weighted by atomic mass is 10.2. The van der Waals surface area contributed by atoms with Crippen molar-refractivity contribution in [2.45, 2.75) is 0 Å². The molecule has 21 heavy (non-hydrogen) atoms. The fraction of sp³-hybridized carbons (Fsp3) is 0.0667. The van der Waals surface area contributed by atoms with E-state index >= 15 is 0 Å². The number of fused-ring (bicyclic) bond motifs is 1. The predicted molar refractivity (Wildman–Crippen MR) is 93.5 cm³/mol. The minimum Gasteiger partial charge on any atom is -0.495 e. The first-order chi connectivity index (χ1) is 10.2. The summed E-state index contributed by atoms with van der Waals surface area (Å²) in [5, 5.41) is 4.79. The molecule has 0 aliphatic rings. The maximum Gasteiger partial charge on any atom is 0.141 e. The highest BCUT2D eigenvalue weighted by molar-refractivity contribution is 14.1. The van der Waals surface area contributed by atoms with Gasteiger partial charge in [0.15, 0.2) is 0 Å². The van der Waals surface area contributed by atoms with Crippen LogP contribution in [0.2, 0.25) is 5.02 Å². The molecule has 1 N–H and O–H groups in total. The van der Waals surface area contributed by atoms with E-state index in [0.29, 0.717) is 10.8 Å². The highest BCUT2D eigenvalue weighted by atomic mass is 127. The second-order valence-corrected chi connectivity index (χ2v) is 6.01. The van der Waals surface area contributed by atoms with E-state index in [1.54, 1.807) is 13.4 Å². The summed E-state index contributed by atoms with van der Waals surface area (Å²) in [5.74, 6) is 1.39. The van der Waals surface area contributed by atoms with Gasteiger partial charge in [-0.3, -0.25) is 0 Å². The summed E-state index contributed by atoms with van der Waals surface area (Å²) < 4.78 is 6.28. The van der Waals surface area contributed by atoms with Crippen LogP contribution < -0.4 is 10.1 Å². The first kappa shape index (κ1) is 14.3. The van der Waals surface area contributed by atoms with Crippen molar-refractivity contribution in [2.75, 3.05) is 12.4 Å². The number of methoxy groups -OCH3 is 1. The van der Waals surface area contributed by atoms with Gasteiger partial charge in [0.2, 0.25) is 0 Å². The molecule has 0 spiro atoms. The molecule has 0 saturated heterocycles. The highest BCUT2D eigenvalue weighted by Gasteiger charge is 2.07. The molecule has 0 bridgehead atoms. The molecule has 6 heteroatoms.